The summed E-state index contributed by atoms with van der Waals surface area (Å²) in [7, 11) is 0. The fourth-order valence-corrected chi connectivity index (χ4v) is 5.72. The summed E-state index contributed by atoms with van der Waals surface area (Å²) >= 11 is 0. The van der Waals surface area contributed by atoms with Crippen LogP contribution in [-0.2, 0) is 30.4 Å². The van der Waals surface area contributed by atoms with E-state index in [1.807, 2.05) is 18.2 Å². The molecule has 3 rings (SSSR count). The summed E-state index contributed by atoms with van der Waals surface area (Å²) in [5.41, 5.74) is 1.14. The lowest BCUT2D eigenvalue weighted by Crippen LogP contribution is -2.31. The van der Waals surface area contributed by atoms with E-state index < -0.39 is 5.97 Å². The Hall–Kier alpha value is -2.02. The number of carbonyl (C=O) groups excluding carboxylic acids is 1. The first-order valence-corrected chi connectivity index (χ1v) is 14.9. The first kappa shape index (κ1) is 30.5. The second-order valence-electron chi connectivity index (χ2n) is 10.9. The molecule has 1 saturated heterocycles. The van der Waals surface area contributed by atoms with E-state index in [1.54, 1.807) is 6.08 Å². The highest BCUT2D eigenvalue weighted by molar-refractivity contribution is 5.89. The summed E-state index contributed by atoms with van der Waals surface area (Å²) in [4.78, 5) is 23.5. The molecule has 2 aliphatic rings. The SMILES string of the molecule is CCCCCC(=O)C=C[C@@H]1[C@@H](CCCCCCC(=O)O)[C@@H](OC2CCCCO2)C[C@H]1OCc1ccccc1. The second-order valence-corrected chi connectivity index (χ2v) is 10.9. The lowest BCUT2D eigenvalue weighted by molar-refractivity contribution is -0.196. The number of allylic oxidation sites excluding steroid dienone is 1. The average molecular weight is 529 g/mol. The minimum atomic E-state index is -0.728. The normalized spacial score (nSPS) is 25.7. The molecule has 1 N–H and O–H groups in total. The van der Waals surface area contributed by atoms with E-state index in [0.29, 0.717) is 19.4 Å². The predicted octanol–water partition coefficient (Wildman–Crippen LogP) is 7.25. The molecule has 0 radical (unpaired) electrons. The molecule has 0 bridgehead atoms. The molecule has 1 aliphatic carbocycles. The van der Waals surface area contributed by atoms with E-state index in [0.717, 1.165) is 82.8 Å². The summed E-state index contributed by atoms with van der Waals surface area (Å²) in [5.74, 6) is -0.205. The van der Waals surface area contributed by atoms with Crippen LogP contribution in [0, 0.1) is 11.8 Å². The first-order chi connectivity index (χ1) is 18.6. The van der Waals surface area contributed by atoms with Gasteiger partial charge in [-0.05, 0) is 56.1 Å². The number of ketones is 1. The summed E-state index contributed by atoms with van der Waals surface area (Å²) in [6.45, 7) is 3.43. The Balaban J connectivity index is 1.69. The number of unbranched alkanes of at least 4 members (excludes halogenated alkanes) is 5. The number of carbonyl (C=O) groups is 2. The minimum Gasteiger partial charge on any atom is -0.481 e. The molecule has 0 aromatic heterocycles. The third kappa shape index (κ3) is 11.0. The zero-order valence-corrected chi connectivity index (χ0v) is 23.2. The number of ether oxygens (including phenoxy) is 3. The number of rotatable bonds is 18. The van der Waals surface area contributed by atoms with Crippen molar-refractivity contribution in [3.8, 4) is 0 Å². The molecule has 6 nitrogen and oxygen atoms in total. The Labute approximate surface area is 229 Å². The van der Waals surface area contributed by atoms with Crippen molar-refractivity contribution in [2.75, 3.05) is 6.61 Å². The first-order valence-electron chi connectivity index (χ1n) is 14.9. The van der Waals surface area contributed by atoms with E-state index in [4.69, 9.17) is 19.3 Å². The molecule has 0 amide bonds. The molecule has 6 heteroatoms. The van der Waals surface area contributed by atoms with Gasteiger partial charge in [0.05, 0.1) is 18.8 Å². The quantitative estimate of drug-likeness (QED) is 0.160. The van der Waals surface area contributed by atoms with Gasteiger partial charge >= 0.3 is 5.97 Å². The highest BCUT2D eigenvalue weighted by Crippen LogP contribution is 2.42. The van der Waals surface area contributed by atoms with Gasteiger partial charge in [0, 0.05) is 31.8 Å². The smallest absolute Gasteiger partial charge is 0.303 e. The van der Waals surface area contributed by atoms with E-state index in [1.165, 1.54) is 0 Å². The Bertz CT molecular complexity index is 832. The standard InChI is InChI=1S/C32H48O6/c1-2-3-7-16-26(33)20-21-28-27(17-10-4-5-11-18-31(34)35)30(38-32-19-12-13-22-36-32)23-29(28)37-24-25-14-8-6-9-15-25/h6,8-9,14-15,20-21,27-30,32H,2-5,7,10-13,16-19,22-24H2,1H3,(H,34,35)/t27-,28-,29-,30+,32?/m1/s1. The second kappa shape index (κ2) is 17.5. The van der Waals surface area contributed by atoms with Crippen molar-refractivity contribution in [2.24, 2.45) is 11.8 Å². The monoisotopic (exact) mass is 528 g/mol. The molecule has 212 valence electrons. The number of hydrogen-bond donors (Lipinski definition) is 1. The van der Waals surface area contributed by atoms with Gasteiger partial charge in [-0.3, -0.25) is 9.59 Å². The number of aliphatic carboxylic acids is 1. The largest absolute Gasteiger partial charge is 0.481 e. The number of carboxylic acid groups (broad SMARTS) is 1. The van der Waals surface area contributed by atoms with Gasteiger partial charge in [-0.15, -0.1) is 0 Å². The van der Waals surface area contributed by atoms with E-state index >= 15 is 0 Å². The molecule has 1 unspecified atom stereocenters. The van der Waals surface area contributed by atoms with Gasteiger partial charge in [-0.1, -0.05) is 75.4 Å². The highest BCUT2D eigenvalue weighted by atomic mass is 16.7. The van der Waals surface area contributed by atoms with Gasteiger partial charge in [0.2, 0.25) is 0 Å². The number of hydrogen-bond acceptors (Lipinski definition) is 5. The highest BCUT2D eigenvalue weighted by Gasteiger charge is 2.44. The molecule has 1 aromatic carbocycles. The molecule has 1 saturated carbocycles. The van der Waals surface area contributed by atoms with Gasteiger partial charge in [0.1, 0.15) is 0 Å². The van der Waals surface area contributed by atoms with Crippen LogP contribution in [0.2, 0.25) is 0 Å². The van der Waals surface area contributed by atoms with Crippen LogP contribution in [0.4, 0.5) is 0 Å². The molecule has 1 heterocycles. The van der Waals surface area contributed by atoms with Crippen LogP contribution in [0.15, 0.2) is 42.5 Å². The van der Waals surface area contributed by atoms with Crippen molar-refractivity contribution < 1.29 is 28.9 Å². The third-order valence-corrected chi connectivity index (χ3v) is 7.85. The van der Waals surface area contributed by atoms with Crippen molar-refractivity contribution in [1.82, 2.24) is 0 Å². The number of benzene rings is 1. The van der Waals surface area contributed by atoms with Gasteiger partial charge in [0.15, 0.2) is 12.1 Å². The molecule has 0 spiro atoms. The molecule has 2 fully saturated rings. The van der Waals surface area contributed by atoms with Crippen molar-refractivity contribution in [1.29, 1.82) is 0 Å². The van der Waals surface area contributed by atoms with Crippen LogP contribution >= 0.6 is 0 Å². The van der Waals surface area contributed by atoms with E-state index in [2.05, 4.69) is 25.1 Å². The van der Waals surface area contributed by atoms with Crippen LogP contribution in [0.25, 0.3) is 0 Å². The van der Waals surface area contributed by atoms with Gasteiger partial charge in [-0.25, -0.2) is 0 Å². The van der Waals surface area contributed by atoms with Gasteiger partial charge < -0.3 is 19.3 Å². The summed E-state index contributed by atoms with van der Waals surface area (Å²) in [6, 6.07) is 10.2. The maximum Gasteiger partial charge on any atom is 0.303 e. The van der Waals surface area contributed by atoms with Crippen LogP contribution < -0.4 is 0 Å². The van der Waals surface area contributed by atoms with Crippen molar-refractivity contribution in [3.05, 3.63) is 48.0 Å². The Kier molecular flexibility index (Phi) is 14.1. The van der Waals surface area contributed by atoms with Crippen LogP contribution in [0.5, 0.6) is 0 Å². The lowest BCUT2D eigenvalue weighted by atomic mass is 9.87. The maximum absolute atomic E-state index is 12.6. The topological polar surface area (TPSA) is 82.1 Å². The fourth-order valence-electron chi connectivity index (χ4n) is 5.72. The van der Waals surface area contributed by atoms with Crippen LogP contribution in [-0.4, -0.2) is 42.0 Å². The number of carboxylic acids is 1. The van der Waals surface area contributed by atoms with Gasteiger partial charge in [-0.2, -0.15) is 0 Å². The zero-order chi connectivity index (χ0) is 27.0. The molecular weight excluding hydrogens is 480 g/mol. The van der Waals surface area contributed by atoms with Crippen molar-refractivity contribution >= 4 is 11.8 Å². The molecule has 1 aromatic rings. The van der Waals surface area contributed by atoms with Crippen LogP contribution in [0.3, 0.4) is 0 Å². The van der Waals surface area contributed by atoms with Crippen molar-refractivity contribution in [2.45, 2.75) is 122 Å². The lowest BCUT2D eigenvalue weighted by Gasteiger charge is -2.30. The third-order valence-electron chi connectivity index (χ3n) is 7.85. The summed E-state index contributed by atoms with van der Waals surface area (Å²) in [5, 5.41) is 8.92. The van der Waals surface area contributed by atoms with E-state index in [9.17, 15) is 9.59 Å². The molecule has 38 heavy (non-hydrogen) atoms. The summed E-state index contributed by atoms with van der Waals surface area (Å²) < 4.78 is 19.0. The predicted molar refractivity (Wildman–Crippen MR) is 149 cm³/mol. The molecule has 1 aliphatic heterocycles. The Morgan fingerprint density at radius 1 is 1.00 bits per heavy atom. The van der Waals surface area contributed by atoms with Crippen LogP contribution in [0.1, 0.15) is 102 Å². The molecule has 5 atom stereocenters. The van der Waals surface area contributed by atoms with Gasteiger partial charge in [0.25, 0.3) is 0 Å². The maximum atomic E-state index is 12.6. The fraction of sp³-hybridized carbons (Fsp3) is 0.688. The molecular formula is C32H48O6. The zero-order valence-electron chi connectivity index (χ0n) is 23.2. The Morgan fingerprint density at radius 2 is 1.79 bits per heavy atom. The average Bonchev–Trinajstić information content (AvgIpc) is 3.25. The summed E-state index contributed by atoms with van der Waals surface area (Å²) in [6.07, 6.45) is 16.2. The van der Waals surface area contributed by atoms with Crippen molar-refractivity contribution in [3.63, 3.8) is 0 Å². The van der Waals surface area contributed by atoms with E-state index in [-0.39, 0.29) is 42.5 Å². The minimum absolute atomic E-state index is 0.0164. The Morgan fingerprint density at radius 3 is 2.53 bits per heavy atom.